The van der Waals surface area contributed by atoms with Crippen LogP contribution in [0.3, 0.4) is 0 Å². The number of anilines is 1. The Labute approximate surface area is 366 Å². The summed E-state index contributed by atoms with van der Waals surface area (Å²) in [6.45, 7) is 0. The highest BCUT2D eigenvalue weighted by Gasteiger charge is 2.28. The Balaban J connectivity index is 0.921. The third-order valence-corrected chi connectivity index (χ3v) is 12.6. The summed E-state index contributed by atoms with van der Waals surface area (Å²) in [5, 5.41) is 9.88. The fourth-order valence-corrected chi connectivity index (χ4v) is 9.49. The molecule has 0 saturated heterocycles. The van der Waals surface area contributed by atoms with Crippen LogP contribution in [0.25, 0.3) is 72.1 Å². The summed E-state index contributed by atoms with van der Waals surface area (Å²) in [6, 6.07) is 77.6. The number of aliphatic imine (C=N–C) groups is 1. The minimum atomic E-state index is -0.211. The standard InChI is InChI=1S/C59H41N3O/c1-4-15-38(16-5-1)46-24-13-27-50-56(46)51-36-44(33-34-52(51)60-57(50)41-17-6-2-7-18-41)43-21-12-22-45(35-43)54-37-53(61-59(62-54)42-19-8-3-9-20-42)40-31-29-39(30-32-40)47-25-14-26-49-48-23-10-11-28-55(48)63-58(47)49/h1-37,54,57,60H,(H,61,62). The zero-order valence-electron chi connectivity index (χ0n) is 34.4. The van der Waals surface area contributed by atoms with Gasteiger partial charge in [-0.2, -0.15) is 0 Å². The first-order chi connectivity index (χ1) is 31.2. The highest BCUT2D eigenvalue weighted by Crippen LogP contribution is 2.49. The van der Waals surface area contributed by atoms with Crippen LogP contribution in [-0.4, -0.2) is 5.84 Å². The Morgan fingerprint density at radius 3 is 1.86 bits per heavy atom. The fourth-order valence-electron chi connectivity index (χ4n) is 9.49. The van der Waals surface area contributed by atoms with Crippen LogP contribution in [0, 0.1) is 0 Å². The molecule has 2 atom stereocenters. The van der Waals surface area contributed by atoms with E-state index in [4.69, 9.17) is 9.41 Å². The summed E-state index contributed by atoms with van der Waals surface area (Å²) in [4.78, 5) is 5.34. The monoisotopic (exact) mass is 807 g/mol. The molecule has 63 heavy (non-hydrogen) atoms. The van der Waals surface area contributed by atoms with Crippen molar-refractivity contribution in [3.05, 3.63) is 252 Å². The SMILES string of the molecule is C1=C(c2ccc(-c3cccc4c3oc3ccccc34)cc2)NC(c2ccccc2)=NC1c1cccc(-c2ccc3c(c2)-c2c(-c4ccccc4)cccc2C(c2ccccc2)N3)c1. The predicted molar refractivity (Wildman–Crippen MR) is 261 cm³/mol. The van der Waals surface area contributed by atoms with Crippen LogP contribution >= 0.6 is 0 Å². The molecule has 0 amide bonds. The van der Waals surface area contributed by atoms with Gasteiger partial charge in [-0.1, -0.05) is 194 Å². The number of nitrogens with one attached hydrogen (secondary N) is 2. The molecule has 0 radical (unpaired) electrons. The zero-order chi connectivity index (χ0) is 41.7. The number of hydrogen-bond acceptors (Lipinski definition) is 4. The first-order valence-electron chi connectivity index (χ1n) is 21.6. The first-order valence-corrected chi connectivity index (χ1v) is 21.6. The van der Waals surface area contributed by atoms with E-state index in [9.17, 15) is 0 Å². The first kappa shape index (κ1) is 36.6. The van der Waals surface area contributed by atoms with Crippen molar-refractivity contribution in [2.24, 2.45) is 4.99 Å². The van der Waals surface area contributed by atoms with Crippen LogP contribution in [0.4, 0.5) is 5.69 Å². The van der Waals surface area contributed by atoms with Gasteiger partial charge in [0.25, 0.3) is 0 Å². The highest BCUT2D eigenvalue weighted by molar-refractivity contribution is 6.10. The van der Waals surface area contributed by atoms with Gasteiger partial charge in [-0.3, -0.25) is 4.99 Å². The van der Waals surface area contributed by atoms with Crippen LogP contribution in [-0.2, 0) is 0 Å². The fraction of sp³-hybridized carbons (Fsp3) is 0.0339. The molecule has 298 valence electrons. The zero-order valence-corrected chi connectivity index (χ0v) is 34.4. The molecule has 2 aliphatic heterocycles. The number of nitrogens with zero attached hydrogens (tertiary/aromatic N) is 1. The van der Waals surface area contributed by atoms with Gasteiger partial charge in [0.1, 0.15) is 17.0 Å². The van der Waals surface area contributed by atoms with Crippen molar-refractivity contribution in [3.8, 4) is 44.5 Å². The molecule has 0 fully saturated rings. The van der Waals surface area contributed by atoms with Gasteiger partial charge in [-0.05, 0) is 86.0 Å². The lowest BCUT2D eigenvalue weighted by atomic mass is 9.81. The van der Waals surface area contributed by atoms with Crippen LogP contribution in [0.1, 0.15) is 39.9 Å². The molecule has 10 aromatic rings. The summed E-state index contributed by atoms with van der Waals surface area (Å²) in [5.74, 6) is 0.845. The summed E-state index contributed by atoms with van der Waals surface area (Å²) in [7, 11) is 0. The molecule has 2 N–H and O–H groups in total. The molecule has 0 saturated carbocycles. The molecule has 2 aliphatic rings. The summed E-state index contributed by atoms with van der Waals surface area (Å²) in [5.41, 5.74) is 19.1. The number of para-hydroxylation sites is 2. The minimum absolute atomic E-state index is 0.0335. The molecule has 0 spiro atoms. The number of rotatable bonds is 7. The van der Waals surface area contributed by atoms with Gasteiger partial charge in [-0.15, -0.1) is 0 Å². The van der Waals surface area contributed by atoms with Gasteiger partial charge >= 0.3 is 0 Å². The maximum absolute atomic E-state index is 6.40. The molecule has 9 aromatic carbocycles. The van der Waals surface area contributed by atoms with Crippen molar-refractivity contribution < 1.29 is 4.42 Å². The van der Waals surface area contributed by atoms with Gasteiger partial charge < -0.3 is 15.1 Å². The maximum atomic E-state index is 6.40. The van der Waals surface area contributed by atoms with E-state index in [1.165, 1.54) is 33.4 Å². The van der Waals surface area contributed by atoms with Crippen molar-refractivity contribution in [1.29, 1.82) is 0 Å². The number of furan rings is 1. The number of amidine groups is 1. The lowest BCUT2D eigenvalue weighted by Crippen LogP contribution is -2.27. The largest absolute Gasteiger partial charge is 0.455 e. The Morgan fingerprint density at radius 2 is 1.03 bits per heavy atom. The molecule has 12 rings (SSSR count). The maximum Gasteiger partial charge on any atom is 0.143 e. The van der Waals surface area contributed by atoms with E-state index in [1.54, 1.807) is 0 Å². The highest BCUT2D eigenvalue weighted by atomic mass is 16.3. The molecule has 0 aliphatic carbocycles. The van der Waals surface area contributed by atoms with E-state index in [0.29, 0.717) is 0 Å². The van der Waals surface area contributed by atoms with Crippen molar-refractivity contribution in [1.82, 2.24) is 5.32 Å². The normalized spacial score (nSPS) is 15.4. The van der Waals surface area contributed by atoms with Crippen LogP contribution in [0.5, 0.6) is 0 Å². The van der Waals surface area contributed by atoms with E-state index in [1.807, 2.05) is 18.2 Å². The van der Waals surface area contributed by atoms with E-state index in [-0.39, 0.29) is 12.1 Å². The average molecular weight is 808 g/mol. The van der Waals surface area contributed by atoms with Crippen LogP contribution in [0.15, 0.2) is 234 Å². The molecule has 3 heterocycles. The van der Waals surface area contributed by atoms with Crippen molar-refractivity contribution in [2.45, 2.75) is 12.1 Å². The number of hydrogen-bond donors (Lipinski definition) is 2. The third-order valence-electron chi connectivity index (χ3n) is 12.6. The van der Waals surface area contributed by atoms with Crippen molar-refractivity contribution in [3.63, 3.8) is 0 Å². The molecular formula is C59H41N3O. The Kier molecular flexibility index (Phi) is 8.93. The van der Waals surface area contributed by atoms with E-state index >= 15 is 0 Å². The van der Waals surface area contributed by atoms with Gasteiger partial charge in [0, 0.05) is 38.8 Å². The Hall–Kier alpha value is -8.21. The Morgan fingerprint density at radius 1 is 0.429 bits per heavy atom. The molecule has 4 nitrogen and oxygen atoms in total. The van der Waals surface area contributed by atoms with Crippen LogP contribution < -0.4 is 10.6 Å². The van der Waals surface area contributed by atoms with Crippen molar-refractivity contribution in [2.75, 3.05) is 5.32 Å². The van der Waals surface area contributed by atoms with Crippen LogP contribution in [0.2, 0.25) is 0 Å². The second-order valence-electron chi connectivity index (χ2n) is 16.4. The lowest BCUT2D eigenvalue weighted by molar-refractivity contribution is 0.670. The molecular weight excluding hydrogens is 767 g/mol. The van der Waals surface area contributed by atoms with E-state index in [2.05, 4.69) is 217 Å². The topological polar surface area (TPSA) is 49.6 Å². The molecule has 0 bridgehead atoms. The quantitative estimate of drug-likeness (QED) is 0.169. The summed E-state index contributed by atoms with van der Waals surface area (Å²) >= 11 is 0. The molecule has 2 unspecified atom stereocenters. The van der Waals surface area contributed by atoms with E-state index < -0.39 is 0 Å². The average Bonchev–Trinajstić information content (AvgIpc) is 3.76. The Bertz CT molecular complexity index is 3390. The lowest BCUT2D eigenvalue weighted by Gasteiger charge is -2.32. The van der Waals surface area contributed by atoms with Gasteiger partial charge in [0.2, 0.25) is 0 Å². The van der Waals surface area contributed by atoms with Gasteiger partial charge in [-0.25, -0.2) is 0 Å². The summed E-state index contributed by atoms with van der Waals surface area (Å²) < 4.78 is 6.40. The second kappa shape index (κ2) is 15.4. The number of benzene rings is 9. The molecule has 4 heteroatoms. The molecule has 1 aromatic heterocycles. The summed E-state index contributed by atoms with van der Waals surface area (Å²) in [6.07, 6.45) is 2.25. The van der Waals surface area contributed by atoms with E-state index in [0.717, 1.165) is 78.1 Å². The minimum Gasteiger partial charge on any atom is -0.455 e. The van der Waals surface area contributed by atoms with Crippen molar-refractivity contribution >= 4 is 39.2 Å². The third kappa shape index (κ3) is 6.61. The second-order valence-corrected chi connectivity index (χ2v) is 16.4. The van der Waals surface area contributed by atoms with Gasteiger partial charge in [0.15, 0.2) is 0 Å². The number of fused-ring (bicyclic) bond motifs is 6. The predicted octanol–water partition coefficient (Wildman–Crippen LogP) is 14.9. The smallest absolute Gasteiger partial charge is 0.143 e. The van der Waals surface area contributed by atoms with Gasteiger partial charge in [0.05, 0.1) is 12.1 Å².